The molecule has 33 heavy (non-hydrogen) atoms. The van der Waals surface area contributed by atoms with E-state index >= 15 is 0 Å². The standard InChI is InChI=1S/C26H23ClO6/c1-15-9-19(32-14-16-5-7-18(27)8-6-16)13-20-24(15)25(28)21(33-20)10-17-11-22(29-2)26(31-4)23(12-17)30-3/h5-13H,14H2,1-4H3/b21-10-. The summed E-state index contributed by atoms with van der Waals surface area (Å²) in [5, 5.41) is 0.672. The van der Waals surface area contributed by atoms with Crippen LogP contribution in [0.25, 0.3) is 6.08 Å². The summed E-state index contributed by atoms with van der Waals surface area (Å²) in [7, 11) is 4.61. The molecule has 4 rings (SSSR count). The number of methoxy groups -OCH3 is 3. The highest BCUT2D eigenvalue weighted by Crippen LogP contribution is 2.41. The number of benzene rings is 3. The second-order valence-electron chi connectivity index (χ2n) is 7.43. The quantitative estimate of drug-likeness (QED) is 0.406. The molecule has 1 aliphatic rings. The highest BCUT2D eigenvalue weighted by Gasteiger charge is 2.30. The van der Waals surface area contributed by atoms with E-state index in [1.807, 2.05) is 37.3 Å². The van der Waals surface area contributed by atoms with Crippen LogP contribution < -0.4 is 23.7 Å². The lowest BCUT2D eigenvalue weighted by molar-refractivity contribution is 0.101. The highest BCUT2D eigenvalue weighted by atomic mass is 35.5. The molecule has 0 unspecified atom stereocenters. The lowest BCUT2D eigenvalue weighted by Crippen LogP contribution is -2.01. The molecule has 0 fully saturated rings. The van der Waals surface area contributed by atoms with E-state index in [2.05, 4.69) is 0 Å². The van der Waals surface area contributed by atoms with Crippen molar-refractivity contribution in [1.82, 2.24) is 0 Å². The summed E-state index contributed by atoms with van der Waals surface area (Å²) in [5.41, 5.74) is 2.96. The average molecular weight is 467 g/mol. The predicted molar refractivity (Wildman–Crippen MR) is 126 cm³/mol. The summed E-state index contributed by atoms with van der Waals surface area (Å²) in [6, 6.07) is 14.5. The van der Waals surface area contributed by atoms with Gasteiger partial charge in [-0.25, -0.2) is 0 Å². The molecule has 6 nitrogen and oxygen atoms in total. The number of hydrogen-bond donors (Lipinski definition) is 0. The maximum absolute atomic E-state index is 13.0. The first-order valence-electron chi connectivity index (χ1n) is 10.2. The fraction of sp³-hybridized carbons (Fsp3) is 0.192. The largest absolute Gasteiger partial charge is 0.493 e. The lowest BCUT2D eigenvalue weighted by atomic mass is 10.0. The predicted octanol–water partition coefficient (Wildman–Crippen LogP) is 5.87. The summed E-state index contributed by atoms with van der Waals surface area (Å²) in [6.07, 6.45) is 1.65. The smallest absolute Gasteiger partial charge is 0.232 e. The van der Waals surface area contributed by atoms with E-state index in [0.29, 0.717) is 51.5 Å². The maximum Gasteiger partial charge on any atom is 0.232 e. The monoisotopic (exact) mass is 466 g/mol. The Morgan fingerprint density at radius 2 is 1.61 bits per heavy atom. The molecule has 3 aromatic carbocycles. The Labute approximate surface area is 197 Å². The maximum atomic E-state index is 13.0. The number of Topliss-reactive ketones (excluding diaryl/α,β-unsaturated/α-hetero) is 1. The second kappa shape index (κ2) is 9.46. The van der Waals surface area contributed by atoms with Crippen LogP contribution in [0.2, 0.25) is 5.02 Å². The molecule has 0 amide bonds. The topological polar surface area (TPSA) is 63.2 Å². The van der Waals surface area contributed by atoms with Crippen LogP contribution in [0.3, 0.4) is 0 Å². The van der Waals surface area contributed by atoms with E-state index in [9.17, 15) is 4.79 Å². The molecule has 1 heterocycles. The van der Waals surface area contributed by atoms with E-state index in [0.717, 1.165) is 11.1 Å². The van der Waals surface area contributed by atoms with Gasteiger partial charge in [0.1, 0.15) is 18.1 Å². The molecular formula is C26H23ClO6. The number of carbonyl (C=O) groups is 1. The van der Waals surface area contributed by atoms with Crippen LogP contribution in [0, 0.1) is 6.92 Å². The summed E-state index contributed by atoms with van der Waals surface area (Å²) < 4.78 is 28.0. The third-order valence-corrected chi connectivity index (χ3v) is 5.50. The van der Waals surface area contributed by atoms with Gasteiger partial charge in [0.2, 0.25) is 11.5 Å². The van der Waals surface area contributed by atoms with E-state index in [1.165, 1.54) is 21.3 Å². The Kier molecular flexibility index (Phi) is 6.47. The van der Waals surface area contributed by atoms with Gasteiger partial charge >= 0.3 is 0 Å². The van der Waals surface area contributed by atoms with Crippen molar-refractivity contribution >= 4 is 23.5 Å². The first-order chi connectivity index (χ1) is 15.9. The van der Waals surface area contributed by atoms with Gasteiger partial charge in [-0.15, -0.1) is 0 Å². The number of halogens is 1. The minimum absolute atomic E-state index is 0.194. The van der Waals surface area contributed by atoms with Gasteiger partial charge in [0.25, 0.3) is 0 Å². The summed E-state index contributed by atoms with van der Waals surface area (Å²) in [6.45, 7) is 2.23. The Bertz CT molecular complexity index is 1210. The number of fused-ring (bicyclic) bond motifs is 1. The third kappa shape index (κ3) is 4.61. The Morgan fingerprint density at radius 1 is 0.939 bits per heavy atom. The Morgan fingerprint density at radius 3 is 2.21 bits per heavy atom. The van der Waals surface area contributed by atoms with Gasteiger partial charge < -0.3 is 23.7 Å². The van der Waals surface area contributed by atoms with Gasteiger partial charge in [-0.3, -0.25) is 4.79 Å². The molecule has 0 N–H and O–H groups in total. The number of ketones is 1. The average Bonchev–Trinajstić information content (AvgIpc) is 3.13. The van der Waals surface area contributed by atoms with Gasteiger partial charge in [-0.05, 0) is 60.0 Å². The van der Waals surface area contributed by atoms with Crippen LogP contribution >= 0.6 is 11.6 Å². The van der Waals surface area contributed by atoms with Gasteiger partial charge in [0, 0.05) is 11.1 Å². The van der Waals surface area contributed by atoms with Crippen LogP contribution in [-0.2, 0) is 6.61 Å². The minimum atomic E-state index is -0.194. The lowest BCUT2D eigenvalue weighted by Gasteiger charge is -2.13. The van der Waals surface area contributed by atoms with E-state index in [1.54, 1.807) is 24.3 Å². The van der Waals surface area contributed by atoms with Crippen molar-refractivity contribution in [3.8, 4) is 28.7 Å². The highest BCUT2D eigenvalue weighted by molar-refractivity contribution is 6.30. The van der Waals surface area contributed by atoms with Crippen molar-refractivity contribution in [2.24, 2.45) is 0 Å². The van der Waals surface area contributed by atoms with E-state index < -0.39 is 0 Å². The van der Waals surface area contributed by atoms with Gasteiger partial charge in [-0.1, -0.05) is 23.7 Å². The SMILES string of the molecule is COc1cc(/C=C2\Oc3cc(OCc4ccc(Cl)cc4)cc(C)c3C2=O)cc(OC)c1OC. The molecule has 170 valence electrons. The molecule has 0 saturated carbocycles. The van der Waals surface area contributed by atoms with Crippen LogP contribution in [0.4, 0.5) is 0 Å². The molecule has 3 aromatic rings. The summed E-state index contributed by atoms with van der Waals surface area (Å²) in [5.74, 6) is 2.54. The number of ether oxygens (including phenoxy) is 5. The normalized spacial score (nSPS) is 13.5. The Hall–Kier alpha value is -3.64. The van der Waals surface area contributed by atoms with Crippen LogP contribution in [0.15, 0.2) is 54.3 Å². The first kappa shape index (κ1) is 22.6. The molecule has 0 aliphatic carbocycles. The number of aryl methyl sites for hydroxylation is 1. The third-order valence-electron chi connectivity index (χ3n) is 5.25. The van der Waals surface area contributed by atoms with E-state index in [4.69, 9.17) is 35.3 Å². The van der Waals surface area contributed by atoms with Crippen molar-refractivity contribution in [3.05, 3.63) is 81.6 Å². The molecule has 0 spiro atoms. The van der Waals surface area contributed by atoms with Gasteiger partial charge in [0.15, 0.2) is 17.3 Å². The summed E-state index contributed by atoms with van der Waals surface area (Å²) >= 11 is 5.93. The van der Waals surface area contributed by atoms with Crippen LogP contribution in [-0.4, -0.2) is 27.1 Å². The zero-order chi connectivity index (χ0) is 23.5. The molecule has 7 heteroatoms. The van der Waals surface area contributed by atoms with Crippen molar-refractivity contribution in [2.75, 3.05) is 21.3 Å². The number of carbonyl (C=O) groups excluding carboxylic acids is 1. The number of hydrogen-bond acceptors (Lipinski definition) is 6. The molecular weight excluding hydrogens is 444 g/mol. The van der Waals surface area contributed by atoms with E-state index in [-0.39, 0.29) is 11.5 Å². The Balaban J connectivity index is 1.60. The van der Waals surface area contributed by atoms with Crippen LogP contribution in [0.1, 0.15) is 27.0 Å². The molecule has 0 bridgehead atoms. The molecule has 0 aromatic heterocycles. The molecule has 0 saturated heterocycles. The van der Waals surface area contributed by atoms with Gasteiger partial charge in [0.05, 0.1) is 26.9 Å². The number of allylic oxidation sites excluding steroid dienone is 1. The second-order valence-corrected chi connectivity index (χ2v) is 7.86. The zero-order valence-corrected chi connectivity index (χ0v) is 19.5. The fourth-order valence-corrected chi connectivity index (χ4v) is 3.77. The van der Waals surface area contributed by atoms with Crippen LogP contribution in [0.5, 0.6) is 28.7 Å². The van der Waals surface area contributed by atoms with Crippen molar-refractivity contribution in [2.45, 2.75) is 13.5 Å². The number of rotatable bonds is 7. The summed E-state index contributed by atoms with van der Waals surface area (Å²) in [4.78, 5) is 13.0. The van der Waals surface area contributed by atoms with Crippen molar-refractivity contribution in [3.63, 3.8) is 0 Å². The molecule has 0 atom stereocenters. The fourth-order valence-electron chi connectivity index (χ4n) is 3.64. The van der Waals surface area contributed by atoms with Crippen molar-refractivity contribution < 1.29 is 28.5 Å². The molecule has 0 radical (unpaired) electrons. The molecule has 1 aliphatic heterocycles. The minimum Gasteiger partial charge on any atom is -0.493 e. The van der Waals surface area contributed by atoms with Crippen molar-refractivity contribution in [1.29, 1.82) is 0 Å². The first-order valence-corrected chi connectivity index (χ1v) is 10.6. The van der Waals surface area contributed by atoms with Gasteiger partial charge in [-0.2, -0.15) is 0 Å². The zero-order valence-electron chi connectivity index (χ0n) is 18.7.